The number of ether oxygens (including phenoxy) is 1. The standard InChI is InChI=1S/C13H26N2O/c1-13(2,3)16-8-7-15-9-11-5-4-6-14-12(11)10-15/h11-12,14H,4-10H2,1-3H3. The molecule has 0 radical (unpaired) electrons. The average molecular weight is 226 g/mol. The van der Waals surface area contributed by atoms with Gasteiger partial charge in [0.15, 0.2) is 0 Å². The summed E-state index contributed by atoms with van der Waals surface area (Å²) in [5.74, 6) is 0.892. The van der Waals surface area contributed by atoms with E-state index in [0.717, 1.165) is 25.1 Å². The van der Waals surface area contributed by atoms with E-state index in [1.54, 1.807) is 0 Å². The Balaban J connectivity index is 1.68. The van der Waals surface area contributed by atoms with Crippen LogP contribution in [0.15, 0.2) is 0 Å². The molecule has 2 atom stereocenters. The van der Waals surface area contributed by atoms with Gasteiger partial charge in [-0.1, -0.05) is 0 Å². The minimum absolute atomic E-state index is 0.00470. The maximum absolute atomic E-state index is 5.78. The molecule has 0 saturated carbocycles. The van der Waals surface area contributed by atoms with Crippen molar-refractivity contribution in [3.8, 4) is 0 Å². The number of nitrogens with one attached hydrogen (secondary N) is 1. The number of likely N-dealkylation sites (tertiary alicyclic amines) is 1. The molecule has 2 fully saturated rings. The molecule has 0 aromatic carbocycles. The number of hydrogen-bond donors (Lipinski definition) is 1. The summed E-state index contributed by atoms with van der Waals surface area (Å²) in [5, 5.41) is 3.64. The van der Waals surface area contributed by atoms with Gasteiger partial charge in [-0.15, -0.1) is 0 Å². The van der Waals surface area contributed by atoms with E-state index >= 15 is 0 Å². The third-order valence-corrected chi connectivity index (χ3v) is 3.62. The summed E-state index contributed by atoms with van der Waals surface area (Å²) >= 11 is 0. The summed E-state index contributed by atoms with van der Waals surface area (Å²) in [4.78, 5) is 2.55. The van der Waals surface area contributed by atoms with Gasteiger partial charge in [-0.05, 0) is 46.1 Å². The van der Waals surface area contributed by atoms with E-state index in [1.807, 2.05) is 0 Å². The SMILES string of the molecule is CC(C)(C)OCCN1CC2CCCNC2C1. The molecule has 0 aromatic rings. The summed E-state index contributed by atoms with van der Waals surface area (Å²) in [6.07, 6.45) is 2.77. The van der Waals surface area contributed by atoms with Crippen LogP contribution >= 0.6 is 0 Å². The van der Waals surface area contributed by atoms with E-state index in [0.29, 0.717) is 0 Å². The van der Waals surface area contributed by atoms with E-state index in [1.165, 1.54) is 32.5 Å². The van der Waals surface area contributed by atoms with E-state index in [2.05, 4.69) is 31.0 Å². The summed E-state index contributed by atoms with van der Waals surface area (Å²) in [5.41, 5.74) is 0.00470. The predicted molar refractivity (Wildman–Crippen MR) is 66.7 cm³/mol. The molecule has 3 heteroatoms. The molecule has 0 aliphatic carbocycles. The zero-order chi connectivity index (χ0) is 11.6. The number of fused-ring (bicyclic) bond motifs is 1. The van der Waals surface area contributed by atoms with E-state index in [4.69, 9.17) is 4.74 Å². The van der Waals surface area contributed by atoms with Gasteiger partial charge in [-0.25, -0.2) is 0 Å². The van der Waals surface area contributed by atoms with Crippen LogP contribution < -0.4 is 5.32 Å². The molecule has 2 aliphatic rings. The van der Waals surface area contributed by atoms with Gasteiger partial charge >= 0.3 is 0 Å². The Hall–Kier alpha value is -0.120. The van der Waals surface area contributed by atoms with Gasteiger partial charge in [0.2, 0.25) is 0 Å². The first-order valence-corrected chi connectivity index (χ1v) is 6.64. The van der Waals surface area contributed by atoms with Crippen molar-refractivity contribution >= 4 is 0 Å². The fourth-order valence-corrected chi connectivity index (χ4v) is 2.80. The van der Waals surface area contributed by atoms with Crippen molar-refractivity contribution in [2.45, 2.75) is 45.3 Å². The fourth-order valence-electron chi connectivity index (χ4n) is 2.80. The van der Waals surface area contributed by atoms with Crippen molar-refractivity contribution in [3.63, 3.8) is 0 Å². The first-order valence-electron chi connectivity index (χ1n) is 6.64. The van der Waals surface area contributed by atoms with E-state index in [-0.39, 0.29) is 5.60 Å². The lowest BCUT2D eigenvalue weighted by molar-refractivity contribution is -0.0113. The number of piperidine rings is 1. The Morgan fingerprint density at radius 3 is 2.81 bits per heavy atom. The van der Waals surface area contributed by atoms with Gasteiger partial charge in [0.1, 0.15) is 0 Å². The molecule has 94 valence electrons. The van der Waals surface area contributed by atoms with Gasteiger partial charge in [0.05, 0.1) is 12.2 Å². The lowest BCUT2D eigenvalue weighted by Gasteiger charge is -2.24. The minimum Gasteiger partial charge on any atom is -0.375 e. The lowest BCUT2D eigenvalue weighted by Crippen LogP contribution is -2.40. The third-order valence-electron chi connectivity index (χ3n) is 3.62. The maximum atomic E-state index is 5.78. The monoisotopic (exact) mass is 226 g/mol. The van der Waals surface area contributed by atoms with Gasteiger partial charge < -0.3 is 10.1 Å². The summed E-state index contributed by atoms with van der Waals surface area (Å²) in [6.45, 7) is 12.0. The largest absolute Gasteiger partial charge is 0.375 e. The first kappa shape index (κ1) is 12.3. The van der Waals surface area contributed by atoms with Crippen molar-refractivity contribution in [1.29, 1.82) is 0 Å². The van der Waals surface area contributed by atoms with Crippen molar-refractivity contribution in [3.05, 3.63) is 0 Å². The molecule has 0 spiro atoms. The Kier molecular flexibility index (Phi) is 3.88. The summed E-state index contributed by atoms with van der Waals surface area (Å²) in [7, 11) is 0. The molecular weight excluding hydrogens is 200 g/mol. The number of hydrogen-bond acceptors (Lipinski definition) is 3. The Morgan fingerprint density at radius 2 is 2.12 bits per heavy atom. The summed E-state index contributed by atoms with van der Waals surface area (Å²) in [6, 6.07) is 0.753. The highest BCUT2D eigenvalue weighted by Crippen LogP contribution is 2.24. The first-order chi connectivity index (χ1) is 7.54. The van der Waals surface area contributed by atoms with Crippen LogP contribution in [0.3, 0.4) is 0 Å². The topological polar surface area (TPSA) is 24.5 Å². The second kappa shape index (κ2) is 5.03. The van der Waals surface area contributed by atoms with Gasteiger partial charge in [0, 0.05) is 25.7 Å². The average Bonchev–Trinajstić information content (AvgIpc) is 2.57. The van der Waals surface area contributed by atoms with Crippen LogP contribution in [-0.4, -0.2) is 49.3 Å². The molecular formula is C13H26N2O. The number of rotatable bonds is 3. The van der Waals surface area contributed by atoms with Crippen LogP contribution in [-0.2, 0) is 4.74 Å². The molecule has 2 heterocycles. The van der Waals surface area contributed by atoms with Crippen molar-refractivity contribution in [2.24, 2.45) is 5.92 Å². The highest BCUT2D eigenvalue weighted by Gasteiger charge is 2.33. The third kappa shape index (κ3) is 3.44. The van der Waals surface area contributed by atoms with Crippen molar-refractivity contribution in [1.82, 2.24) is 10.2 Å². The summed E-state index contributed by atoms with van der Waals surface area (Å²) < 4.78 is 5.78. The van der Waals surface area contributed by atoms with Crippen LogP contribution in [0.5, 0.6) is 0 Å². The highest BCUT2D eigenvalue weighted by molar-refractivity contribution is 4.91. The van der Waals surface area contributed by atoms with Gasteiger partial charge in [-0.2, -0.15) is 0 Å². The number of nitrogens with zero attached hydrogens (tertiary/aromatic N) is 1. The van der Waals surface area contributed by atoms with E-state index in [9.17, 15) is 0 Å². The molecule has 0 amide bonds. The van der Waals surface area contributed by atoms with Crippen LogP contribution in [0.4, 0.5) is 0 Å². The molecule has 0 bridgehead atoms. The van der Waals surface area contributed by atoms with E-state index < -0.39 is 0 Å². The van der Waals surface area contributed by atoms with Crippen molar-refractivity contribution < 1.29 is 4.74 Å². The van der Waals surface area contributed by atoms with Crippen LogP contribution in [0.1, 0.15) is 33.6 Å². The van der Waals surface area contributed by atoms with Crippen LogP contribution in [0, 0.1) is 5.92 Å². The second-order valence-electron chi connectivity index (χ2n) is 6.18. The quantitative estimate of drug-likeness (QED) is 0.789. The molecule has 2 unspecified atom stereocenters. The molecule has 16 heavy (non-hydrogen) atoms. The maximum Gasteiger partial charge on any atom is 0.0600 e. The van der Waals surface area contributed by atoms with Crippen LogP contribution in [0.25, 0.3) is 0 Å². The molecule has 0 aromatic heterocycles. The Morgan fingerprint density at radius 1 is 1.31 bits per heavy atom. The molecule has 2 rings (SSSR count). The Labute approximate surface area is 99.5 Å². The zero-order valence-corrected chi connectivity index (χ0v) is 11.0. The van der Waals surface area contributed by atoms with Gasteiger partial charge in [0.25, 0.3) is 0 Å². The zero-order valence-electron chi connectivity index (χ0n) is 11.0. The molecule has 2 saturated heterocycles. The smallest absolute Gasteiger partial charge is 0.0600 e. The fraction of sp³-hybridized carbons (Fsp3) is 1.00. The Bertz CT molecular complexity index is 210. The van der Waals surface area contributed by atoms with Crippen LogP contribution in [0.2, 0.25) is 0 Å². The molecule has 1 N–H and O–H groups in total. The lowest BCUT2D eigenvalue weighted by atomic mass is 9.94. The molecule has 2 aliphatic heterocycles. The van der Waals surface area contributed by atoms with Crippen molar-refractivity contribution in [2.75, 3.05) is 32.8 Å². The second-order valence-corrected chi connectivity index (χ2v) is 6.18. The molecule has 3 nitrogen and oxygen atoms in total. The highest BCUT2D eigenvalue weighted by atomic mass is 16.5. The minimum atomic E-state index is 0.00470. The normalized spacial score (nSPS) is 31.7. The predicted octanol–water partition coefficient (Wildman–Crippen LogP) is 1.49. The van der Waals surface area contributed by atoms with Gasteiger partial charge in [-0.3, -0.25) is 4.90 Å².